The van der Waals surface area contributed by atoms with E-state index in [4.69, 9.17) is 150 Å². The van der Waals surface area contributed by atoms with E-state index in [9.17, 15) is 0 Å². The molecular weight excluding hydrogens is 1330 g/mol. The van der Waals surface area contributed by atoms with E-state index in [1.807, 2.05) is 19.9 Å². The molecule has 0 spiro atoms. The standard InChI is InChI=1S/C85H44B29/c1-18-25-30-33-34-35-37-41-47-65-69-55(14)60(24-7)62(42-23-6)64(44-29-22-5)78(69)76-63(46-38-28-21-4)61(45-40-32-27-20-3)59(43-39-36-31-26-19-2)48-66(76)77(65)71-54(13)50(9)52(11)68-56(15)72-67(57(16)73(68)71)51(10)49(8)53(12)70(72)74-58(17)75-79(80(86)81(74)102-87)83(108(113(99)100)114(101)104-89)85(107(111(95)96)112(97)98)84(106(103-88)110(93)94)82(75)105(90)109(91)92/h1,3,5,7,48H,2,4,6,8-17H3. The van der Waals surface area contributed by atoms with Gasteiger partial charge in [0.2, 0.25) is 0 Å². The lowest BCUT2D eigenvalue weighted by Gasteiger charge is -2.42. The van der Waals surface area contributed by atoms with Crippen molar-refractivity contribution in [2.75, 3.05) is 0 Å². The van der Waals surface area contributed by atoms with E-state index in [1.54, 1.807) is 20.8 Å². The highest BCUT2D eigenvalue weighted by atomic mass is 14.3. The van der Waals surface area contributed by atoms with Gasteiger partial charge in [0.1, 0.15) is 7.85 Å². The molecule has 0 fully saturated rings. The van der Waals surface area contributed by atoms with Crippen LogP contribution in [-0.2, 0) is 0 Å². The van der Waals surface area contributed by atoms with Crippen molar-refractivity contribution in [2.24, 2.45) is 0 Å². The predicted molar refractivity (Wildman–Crippen MR) is 524 cm³/mol. The highest BCUT2D eigenvalue weighted by molar-refractivity contribution is 7.89. The van der Waals surface area contributed by atoms with Gasteiger partial charge in [0.25, 0.3) is 0 Å². The second-order valence-electron chi connectivity index (χ2n) is 27.1. The second kappa shape index (κ2) is 39.0. The van der Waals surface area contributed by atoms with Crippen LogP contribution in [0.1, 0.15) is 115 Å². The maximum atomic E-state index is 7.96. The van der Waals surface area contributed by atoms with Gasteiger partial charge >= 0.3 is 0 Å². The summed E-state index contributed by atoms with van der Waals surface area (Å²) in [5.41, 5.74) is 15.4. The summed E-state index contributed by atoms with van der Waals surface area (Å²) in [4.78, 5) is 0. The van der Waals surface area contributed by atoms with E-state index in [1.165, 1.54) is 21.3 Å². The SMILES string of the molecule is [B][B]B([B])B(B([B])[B])c1c(B(B([B])[B])B([B])[B])c(B([B][B])B([B])[B])c(B([B])B([B])[B])c2c(C)c(-c3c(C)c(C)c(C)c4c(C)c5c(-c6c(C#CC#CC#CC#CC#C)c7c(C)c(C#C)c(C#CC)c(C#CC#C)c7c7c(C#CC#CC)c(C#CC#CC#C)c(C#CC#CC#CC)cc67)c(C)c(C)c(C)c5c(C)c34)c([B][B])c([B])c12. The Labute approximate surface area is 706 Å². The first-order valence-corrected chi connectivity index (χ1v) is 35.9. The maximum absolute atomic E-state index is 7.96. The summed E-state index contributed by atoms with van der Waals surface area (Å²) in [5.74, 6) is 87.7. The van der Waals surface area contributed by atoms with Crippen LogP contribution in [-0.4, -0.2) is 209 Å². The Bertz CT molecular complexity index is 6620. The lowest BCUT2D eigenvalue weighted by molar-refractivity contribution is 1.27. The van der Waals surface area contributed by atoms with Gasteiger partial charge in [-0.2, -0.15) is 0 Å². The molecule has 8 rings (SSSR count). The minimum Gasteiger partial charge on any atom is -0.115 e. The predicted octanol–water partition coefficient (Wildman–Crippen LogP) is -1.05. The quantitative estimate of drug-likeness (QED) is 0.0534. The first-order chi connectivity index (χ1) is 54.4. The highest BCUT2D eigenvalue weighted by Crippen LogP contribution is 2.53. The molecule has 0 bridgehead atoms. The number of rotatable bonds is 15. The Balaban J connectivity index is 1.89. The van der Waals surface area contributed by atoms with Crippen LogP contribution in [0, 0.1) is 273 Å². The number of terminal acetylenes is 4. The van der Waals surface area contributed by atoms with Crippen LogP contribution < -0.4 is 32.8 Å². The van der Waals surface area contributed by atoms with Crippen molar-refractivity contribution in [3.05, 3.63) is 101 Å². The van der Waals surface area contributed by atoms with Gasteiger partial charge in [0.05, 0.1) is 55.4 Å². The minimum absolute atomic E-state index is 0.110. The fourth-order valence-electron chi connectivity index (χ4n) is 15.9. The lowest BCUT2D eigenvalue weighted by atomic mass is 8.66. The summed E-state index contributed by atoms with van der Waals surface area (Å²) >= 11 is 0. The Hall–Kier alpha value is -10.5. The second-order valence-corrected chi connectivity index (χ2v) is 27.1. The Morgan fingerprint density at radius 3 is 1.26 bits per heavy atom. The molecule has 0 saturated heterocycles. The van der Waals surface area contributed by atoms with Crippen LogP contribution in [0.4, 0.5) is 0 Å². The maximum Gasteiger partial charge on any atom is 0.113 e. The van der Waals surface area contributed by atoms with Gasteiger partial charge in [-0.25, -0.2) is 0 Å². The molecule has 0 N–H and O–H groups in total. The van der Waals surface area contributed by atoms with Crippen LogP contribution in [0.5, 0.6) is 0 Å². The molecule has 471 valence electrons. The van der Waals surface area contributed by atoms with Gasteiger partial charge in [0.15, 0.2) is 0 Å². The van der Waals surface area contributed by atoms with E-state index in [0.29, 0.717) is 110 Å². The van der Waals surface area contributed by atoms with Crippen molar-refractivity contribution in [2.45, 2.75) is 90.0 Å². The molecular formula is C85H44B29. The molecule has 0 amide bonds. The van der Waals surface area contributed by atoms with Crippen molar-refractivity contribution in [3.63, 3.8) is 0 Å². The van der Waals surface area contributed by atoms with Crippen LogP contribution in [0.25, 0.3) is 76.1 Å². The van der Waals surface area contributed by atoms with Crippen molar-refractivity contribution >= 4 is 296 Å². The number of aryl methyl sites for hydroxylation is 6. The molecule has 0 nitrogen and oxygen atoms in total. The third-order valence-electron chi connectivity index (χ3n) is 21.1. The fourth-order valence-corrected chi connectivity index (χ4v) is 15.9. The minimum atomic E-state index is -1.31. The molecule has 0 saturated carbocycles. The van der Waals surface area contributed by atoms with Gasteiger partial charge in [-0.1, -0.05) is 75.1 Å². The zero-order chi connectivity index (χ0) is 84.2. The highest BCUT2D eigenvalue weighted by Gasteiger charge is 2.42. The van der Waals surface area contributed by atoms with Crippen molar-refractivity contribution in [1.82, 2.24) is 0 Å². The largest absolute Gasteiger partial charge is 0.115 e. The van der Waals surface area contributed by atoms with E-state index >= 15 is 0 Å². The Kier molecular flexibility index (Phi) is 30.5. The van der Waals surface area contributed by atoms with E-state index in [2.05, 4.69) is 233 Å². The average molecular weight is 1380 g/mol. The number of benzene rings is 8. The normalized spacial score (nSPS) is 9.41. The summed E-state index contributed by atoms with van der Waals surface area (Å²) < 4.78 is 0. The molecule has 0 aliphatic rings. The summed E-state index contributed by atoms with van der Waals surface area (Å²) in [6, 6.07) is 1.95. The fraction of sp³-hybridized carbons (Fsp3) is 0.153. The Morgan fingerprint density at radius 2 is 0.781 bits per heavy atom. The van der Waals surface area contributed by atoms with Crippen LogP contribution >= 0.6 is 0 Å². The topological polar surface area (TPSA) is 0 Å². The summed E-state index contributed by atoms with van der Waals surface area (Å²) in [6.45, 7) is 21.0. The Morgan fingerprint density at radius 1 is 0.316 bits per heavy atom. The van der Waals surface area contributed by atoms with Crippen molar-refractivity contribution in [3.8, 4) is 226 Å². The molecule has 0 aromatic heterocycles. The van der Waals surface area contributed by atoms with Gasteiger partial charge in [0, 0.05) is 207 Å². The monoisotopic (exact) mass is 1380 g/mol. The van der Waals surface area contributed by atoms with Crippen molar-refractivity contribution in [1.29, 1.82) is 0 Å². The first kappa shape index (κ1) is 89.0. The molecule has 35 radical (unpaired) electrons. The lowest BCUT2D eigenvalue weighted by Crippen LogP contribution is -2.80. The summed E-state index contributed by atoms with van der Waals surface area (Å²) in [7, 11) is 115. The van der Waals surface area contributed by atoms with Crippen LogP contribution in [0.2, 0.25) is 0 Å². The number of fused-ring (bicyclic) bond motifs is 6. The third-order valence-corrected chi connectivity index (χ3v) is 21.1. The molecule has 0 heterocycles. The summed E-state index contributed by atoms with van der Waals surface area (Å²) in [6.07, 6.45) is 16.4. The van der Waals surface area contributed by atoms with Gasteiger partial charge < -0.3 is 0 Å². The number of hydrogen-bond acceptors (Lipinski definition) is 0. The smallest absolute Gasteiger partial charge is 0.113 e. The van der Waals surface area contributed by atoms with Gasteiger partial charge in [-0.15, -0.1) is 42.5 Å². The molecule has 8 aromatic carbocycles. The number of hydrogen-bond donors (Lipinski definition) is 0. The molecule has 8 aromatic rings. The van der Waals surface area contributed by atoms with Crippen molar-refractivity contribution < 1.29 is 0 Å². The van der Waals surface area contributed by atoms with Gasteiger partial charge in [-0.05, 0) is 325 Å². The molecule has 114 heavy (non-hydrogen) atoms. The van der Waals surface area contributed by atoms with Crippen LogP contribution in [0.3, 0.4) is 0 Å². The van der Waals surface area contributed by atoms with E-state index < -0.39 is 64.3 Å². The third kappa shape index (κ3) is 16.6. The zero-order valence-electron chi connectivity index (χ0n) is 66.1. The molecule has 0 unspecified atom stereocenters. The molecule has 29 heteroatoms. The molecule has 0 aliphatic carbocycles. The van der Waals surface area contributed by atoms with Gasteiger partial charge in [-0.3, -0.25) is 0 Å². The van der Waals surface area contributed by atoms with E-state index in [0.717, 1.165) is 77.2 Å². The zero-order valence-corrected chi connectivity index (χ0v) is 66.1. The van der Waals surface area contributed by atoms with E-state index in [-0.39, 0.29) is 16.4 Å². The average Bonchev–Trinajstić information content (AvgIpc) is 0.693. The molecule has 0 atom stereocenters. The first-order valence-electron chi connectivity index (χ1n) is 35.9. The van der Waals surface area contributed by atoms with Crippen LogP contribution in [0.15, 0.2) is 6.07 Å². The molecule has 0 aliphatic heterocycles. The summed E-state index contributed by atoms with van der Waals surface area (Å²) in [5, 5.41) is 6.32.